The third-order valence-electron chi connectivity index (χ3n) is 4.67. The number of benzene rings is 1. The van der Waals surface area contributed by atoms with E-state index in [1.54, 1.807) is 0 Å². The molecule has 0 spiro atoms. The molecule has 1 aromatic rings. The first-order valence-corrected chi connectivity index (χ1v) is 9.06. The molecule has 1 heterocycles. The summed E-state index contributed by atoms with van der Waals surface area (Å²) in [6, 6.07) is 7.00. The van der Waals surface area contributed by atoms with Gasteiger partial charge in [-0.3, -0.25) is 0 Å². The molecule has 1 saturated heterocycles. The van der Waals surface area contributed by atoms with Gasteiger partial charge in [0.1, 0.15) is 5.60 Å². The average Bonchev–Trinajstić information content (AvgIpc) is 2.65. The molecule has 0 N–H and O–H groups in total. The van der Waals surface area contributed by atoms with Crippen molar-refractivity contribution in [1.82, 2.24) is 0 Å². The van der Waals surface area contributed by atoms with Crippen LogP contribution in [0.2, 0.25) is 0 Å². The summed E-state index contributed by atoms with van der Waals surface area (Å²) in [5, 5.41) is 0. The average molecular weight is 362 g/mol. The van der Waals surface area contributed by atoms with Crippen molar-refractivity contribution in [2.75, 3.05) is 0 Å². The Morgan fingerprint density at radius 2 is 1.73 bits per heavy atom. The number of ether oxygens (including phenoxy) is 2. The van der Waals surface area contributed by atoms with Crippen LogP contribution in [0, 0.1) is 6.92 Å². The molecule has 0 aliphatic carbocycles. The number of carbonyl (C=O) groups is 1. The van der Waals surface area contributed by atoms with E-state index in [0.717, 1.165) is 11.1 Å². The van der Waals surface area contributed by atoms with Crippen molar-refractivity contribution in [3.8, 4) is 0 Å². The van der Waals surface area contributed by atoms with Crippen LogP contribution in [0.4, 0.5) is 0 Å². The first-order valence-electron chi connectivity index (χ1n) is 9.06. The molecule has 1 fully saturated rings. The highest BCUT2D eigenvalue weighted by molar-refractivity contribution is 6.52. The fourth-order valence-corrected chi connectivity index (χ4v) is 2.62. The maximum atomic E-state index is 12.7. The summed E-state index contributed by atoms with van der Waals surface area (Å²) in [6.07, 6.45) is 0. The van der Waals surface area contributed by atoms with E-state index < -0.39 is 35.9 Å². The second kappa shape index (κ2) is 7.33. The molecule has 0 amide bonds. The summed E-state index contributed by atoms with van der Waals surface area (Å²) in [7, 11) is -0.820. The standard InChI is InChI=1S/C20H31BO5/c1-14-10-9-11-15(12-14)13-23-16(17(22)24-18(2,3)4)21-25-19(5,6)20(7,8)26-21/h9-12,16H,13H2,1-8H3. The highest BCUT2D eigenvalue weighted by Gasteiger charge is 2.56. The molecule has 1 aliphatic rings. The third kappa shape index (κ3) is 5.09. The first-order chi connectivity index (χ1) is 11.8. The van der Waals surface area contributed by atoms with E-state index in [1.807, 2.05) is 79.7 Å². The summed E-state index contributed by atoms with van der Waals surface area (Å²) in [5.41, 5.74) is 0.395. The quantitative estimate of drug-likeness (QED) is 0.588. The zero-order valence-electron chi connectivity index (χ0n) is 17.2. The minimum Gasteiger partial charge on any atom is -0.458 e. The van der Waals surface area contributed by atoms with E-state index in [-0.39, 0.29) is 6.61 Å². The Labute approximate surface area is 157 Å². The van der Waals surface area contributed by atoms with Crippen LogP contribution in [-0.4, -0.2) is 35.9 Å². The smallest absolute Gasteiger partial charge is 0.458 e. The molecule has 0 radical (unpaired) electrons. The van der Waals surface area contributed by atoms with Gasteiger partial charge in [-0.15, -0.1) is 0 Å². The number of rotatable bonds is 5. The molecule has 0 aromatic heterocycles. The minimum absolute atomic E-state index is 0.273. The summed E-state index contributed by atoms with van der Waals surface area (Å²) in [6.45, 7) is 15.5. The van der Waals surface area contributed by atoms with Crippen molar-refractivity contribution < 1.29 is 23.6 Å². The van der Waals surface area contributed by atoms with Crippen molar-refractivity contribution >= 4 is 13.1 Å². The first kappa shape index (κ1) is 20.9. The van der Waals surface area contributed by atoms with Gasteiger partial charge in [0.05, 0.1) is 17.8 Å². The Kier molecular flexibility index (Phi) is 5.91. The lowest BCUT2D eigenvalue weighted by molar-refractivity contribution is -0.165. The van der Waals surface area contributed by atoms with Crippen LogP contribution in [-0.2, 0) is 30.2 Å². The highest BCUT2D eigenvalue weighted by Crippen LogP contribution is 2.38. The molecule has 144 valence electrons. The molecular weight excluding hydrogens is 331 g/mol. The molecule has 5 nitrogen and oxygen atoms in total. The lowest BCUT2D eigenvalue weighted by Crippen LogP contribution is -2.46. The highest BCUT2D eigenvalue weighted by atomic mass is 16.7. The summed E-state index contributed by atoms with van der Waals surface area (Å²) < 4.78 is 23.5. The molecule has 1 atom stereocenters. The lowest BCUT2D eigenvalue weighted by Gasteiger charge is -2.32. The number of aryl methyl sites for hydroxylation is 1. The molecule has 2 rings (SSSR count). The monoisotopic (exact) mass is 362 g/mol. The molecule has 1 aliphatic heterocycles. The molecule has 26 heavy (non-hydrogen) atoms. The Bertz CT molecular complexity index is 632. The fourth-order valence-electron chi connectivity index (χ4n) is 2.62. The second-order valence-electron chi connectivity index (χ2n) is 8.88. The molecular formula is C20H31BO5. The van der Waals surface area contributed by atoms with Gasteiger partial charge in [0.15, 0.2) is 6.00 Å². The van der Waals surface area contributed by atoms with Crippen molar-refractivity contribution in [2.45, 2.75) is 84.8 Å². The SMILES string of the molecule is Cc1cccc(COC(B2OC(C)(C)C(C)(C)O2)C(=O)OC(C)(C)C)c1. The molecule has 1 unspecified atom stereocenters. The van der Waals surface area contributed by atoms with Gasteiger partial charge in [0, 0.05) is 0 Å². The normalized spacial score (nSPS) is 20.1. The van der Waals surface area contributed by atoms with Gasteiger partial charge in [-0.2, -0.15) is 0 Å². The summed E-state index contributed by atoms with van der Waals surface area (Å²) in [4.78, 5) is 12.7. The number of hydrogen-bond acceptors (Lipinski definition) is 5. The lowest BCUT2D eigenvalue weighted by atomic mass is 9.80. The van der Waals surface area contributed by atoms with Gasteiger partial charge < -0.3 is 18.8 Å². The van der Waals surface area contributed by atoms with Crippen LogP contribution in [0.3, 0.4) is 0 Å². The maximum Gasteiger partial charge on any atom is 0.501 e. The van der Waals surface area contributed by atoms with E-state index >= 15 is 0 Å². The fraction of sp³-hybridized carbons (Fsp3) is 0.650. The van der Waals surface area contributed by atoms with Gasteiger partial charge in [-0.1, -0.05) is 29.8 Å². The maximum absolute atomic E-state index is 12.7. The largest absolute Gasteiger partial charge is 0.501 e. The van der Waals surface area contributed by atoms with Gasteiger partial charge >= 0.3 is 13.1 Å². The zero-order valence-corrected chi connectivity index (χ0v) is 17.2. The molecule has 6 heteroatoms. The summed E-state index contributed by atoms with van der Waals surface area (Å²) in [5.74, 6) is -0.483. The van der Waals surface area contributed by atoms with Crippen LogP contribution in [0.25, 0.3) is 0 Å². The Balaban J connectivity index is 2.18. The van der Waals surface area contributed by atoms with Gasteiger partial charge in [-0.25, -0.2) is 4.79 Å². The minimum atomic E-state index is -0.962. The summed E-state index contributed by atoms with van der Waals surface area (Å²) >= 11 is 0. The van der Waals surface area contributed by atoms with E-state index in [1.165, 1.54) is 0 Å². The predicted molar refractivity (Wildman–Crippen MR) is 102 cm³/mol. The van der Waals surface area contributed by atoms with Crippen molar-refractivity contribution in [3.05, 3.63) is 35.4 Å². The Morgan fingerprint density at radius 3 is 2.23 bits per heavy atom. The van der Waals surface area contributed by atoms with Crippen LogP contribution in [0.15, 0.2) is 24.3 Å². The van der Waals surface area contributed by atoms with Gasteiger partial charge in [0.25, 0.3) is 0 Å². The van der Waals surface area contributed by atoms with E-state index in [4.69, 9.17) is 18.8 Å². The Morgan fingerprint density at radius 1 is 1.15 bits per heavy atom. The van der Waals surface area contributed by atoms with Crippen LogP contribution < -0.4 is 0 Å². The molecule has 0 bridgehead atoms. The number of esters is 1. The molecule has 1 aromatic carbocycles. The van der Waals surface area contributed by atoms with E-state index in [2.05, 4.69) is 0 Å². The number of hydrogen-bond donors (Lipinski definition) is 0. The van der Waals surface area contributed by atoms with Gasteiger partial charge in [-0.05, 0) is 61.0 Å². The second-order valence-corrected chi connectivity index (χ2v) is 8.88. The van der Waals surface area contributed by atoms with Gasteiger partial charge in [0.2, 0.25) is 0 Å². The predicted octanol–water partition coefficient (Wildman–Crippen LogP) is 3.85. The van der Waals surface area contributed by atoms with Crippen LogP contribution >= 0.6 is 0 Å². The van der Waals surface area contributed by atoms with E-state index in [0.29, 0.717) is 0 Å². The number of carbonyl (C=O) groups excluding carboxylic acids is 1. The third-order valence-corrected chi connectivity index (χ3v) is 4.67. The van der Waals surface area contributed by atoms with Crippen molar-refractivity contribution in [1.29, 1.82) is 0 Å². The van der Waals surface area contributed by atoms with Crippen molar-refractivity contribution in [2.24, 2.45) is 0 Å². The Hall–Kier alpha value is -1.37. The topological polar surface area (TPSA) is 54.0 Å². The van der Waals surface area contributed by atoms with Crippen LogP contribution in [0.5, 0.6) is 0 Å². The van der Waals surface area contributed by atoms with Crippen LogP contribution in [0.1, 0.15) is 59.6 Å². The van der Waals surface area contributed by atoms with E-state index in [9.17, 15) is 4.79 Å². The van der Waals surface area contributed by atoms with Crippen molar-refractivity contribution in [3.63, 3.8) is 0 Å². The zero-order chi connectivity index (χ0) is 19.8. The molecule has 0 saturated carbocycles.